The summed E-state index contributed by atoms with van der Waals surface area (Å²) in [7, 11) is 0. The number of amides is 1. The molecule has 16 heavy (non-hydrogen) atoms. The van der Waals surface area contributed by atoms with Crippen molar-refractivity contribution in [3.05, 3.63) is 28.1 Å². The van der Waals surface area contributed by atoms with E-state index in [1.807, 2.05) is 0 Å². The first-order valence-corrected chi connectivity index (χ1v) is 4.88. The van der Waals surface area contributed by atoms with Crippen LogP contribution in [0, 0.1) is 10.1 Å². The van der Waals surface area contributed by atoms with E-state index in [1.54, 1.807) is 0 Å². The highest BCUT2D eigenvalue weighted by molar-refractivity contribution is 5.93. The minimum absolute atomic E-state index is 0.136. The van der Waals surface area contributed by atoms with Gasteiger partial charge in [0.25, 0.3) is 11.6 Å². The van der Waals surface area contributed by atoms with Gasteiger partial charge in [-0.15, -0.1) is 0 Å². The molecule has 2 N–H and O–H groups in total. The van der Waals surface area contributed by atoms with Crippen LogP contribution in [0.5, 0.6) is 0 Å². The minimum Gasteiger partial charge on any atom is -0.391 e. The highest BCUT2D eigenvalue weighted by Crippen LogP contribution is 2.16. The Morgan fingerprint density at radius 3 is 2.94 bits per heavy atom. The number of rotatable bonds is 2. The zero-order valence-corrected chi connectivity index (χ0v) is 8.42. The number of hydrogen-bond donors (Lipinski definition) is 2. The molecule has 1 aromatic heterocycles. The van der Waals surface area contributed by atoms with Crippen LogP contribution in [0.2, 0.25) is 0 Å². The predicted molar refractivity (Wildman–Crippen MR) is 54.0 cm³/mol. The number of aliphatic hydroxyl groups excluding tert-OH is 1. The number of β-amino-alcohol motifs (C(OH)–C–C–N with tert-alkyl or cyclic N) is 1. The number of aromatic nitrogens is 1. The van der Waals surface area contributed by atoms with Crippen molar-refractivity contribution in [1.82, 2.24) is 9.88 Å². The first-order chi connectivity index (χ1) is 7.58. The van der Waals surface area contributed by atoms with Crippen molar-refractivity contribution in [2.45, 2.75) is 12.5 Å². The van der Waals surface area contributed by atoms with Crippen molar-refractivity contribution in [2.24, 2.45) is 0 Å². The molecule has 1 aliphatic rings. The fourth-order valence-corrected chi connectivity index (χ4v) is 1.71. The van der Waals surface area contributed by atoms with E-state index < -0.39 is 11.0 Å². The molecule has 2 rings (SSSR count). The van der Waals surface area contributed by atoms with Gasteiger partial charge in [-0.2, -0.15) is 0 Å². The molecule has 1 saturated heterocycles. The Labute approximate surface area is 90.8 Å². The van der Waals surface area contributed by atoms with Crippen molar-refractivity contribution in [3.8, 4) is 0 Å². The SMILES string of the molecule is O=C(c1cc([N+](=O)[O-])c[nH]1)N1CC[C@H](O)C1. The Balaban J connectivity index is 2.11. The lowest BCUT2D eigenvalue weighted by atomic mass is 10.3. The third-order valence-corrected chi connectivity index (χ3v) is 2.56. The molecular formula is C9H11N3O4. The standard InChI is InChI=1S/C9H11N3O4/c13-7-1-2-11(5-7)9(14)8-3-6(4-10-8)12(15)16/h3-4,7,10,13H,1-2,5H2/t7-/m0/s1. The molecule has 1 atom stereocenters. The van der Waals surface area contributed by atoms with Crippen LogP contribution in [0.25, 0.3) is 0 Å². The lowest BCUT2D eigenvalue weighted by Gasteiger charge is -2.13. The quantitative estimate of drug-likeness (QED) is 0.552. The van der Waals surface area contributed by atoms with Crippen LogP contribution in [-0.2, 0) is 0 Å². The maximum absolute atomic E-state index is 11.8. The van der Waals surface area contributed by atoms with Gasteiger partial charge >= 0.3 is 0 Å². The molecule has 0 aromatic carbocycles. The number of nitrogens with zero attached hydrogens (tertiary/aromatic N) is 2. The first kappa shape index (κ1) is 10.6. The smallest absolute Gasteiger partial charge is 0.287 e. The molecule has 0 spiro atoms. The van der Waals surface area contributed by atoms with Gasteiger partial charge in [0, 0.05) is 19.2 Å². The molecule has 1 amide bonds. The summed E-state index contributed by atoms with van der Waals surface area (Å²) in [5, 5.41) is 19.7. The van der Waals surface area contributed by atoms with Crippen molar-refractivity contribution in [3.63, 3.8) is 0 Å². The fourth-order valence-electron chi connectivity index (χ4n) is 1.71. The highest BCUT2D eigenvalue weighted by atomic mass is 16.6. The van der Waals surface area contributed by atoms with E-state index >= 15 is 0 Å². The fraction of sp³-hybridized carbons (Fsp3) is 0.444. The van der Waals surface area contributed by atoms with Crippen molar-refractivity contribution in [2.75, 3.05) is 13.1 Å². The van der Waals surface area contributed by atoms with Crippen LogP contribution in [0.15, 0.2) is 12.3 Å². The van der Waals surface area contributed by atoms with Gasteiger partial charge in [0.2, 0.25) is 0 Å². The molecule has 0 radical (unpaired) electrons. The van der Waals surface area contributed by atoms with Crippen LogP contribution in [0.1, 0.15) is 16.9 Å². The lowest BCUT2D eigenvalue weighted by molar-refractivity contribution is -0.384. The number of hydrogen-bond acceptors (Lipinski definition) is 4. The Kier molecular flexibility index (Phi) is 2.61. The Morgan fingerprint density at radius 2 is 2.44 bits per heavy atom. The number of aromatic amines is 1. The van der Waals surface area contributed by atoms with Crippen LogP contribution in [0.3, 0.4) is 0 Å². The van der Waals surface area contributed by atoms with Gasteiger partial charge in [0.15, 0.2) is 0 Å². The molecule has 1 aromatic rings. The molecule has 0 saturated carbocycles. The van der Waals surface area contributed by atoms with E-state index in [2.05, 4.69) is 4.98 Å². The second-order valence-electron chi connectivity index (χ2n) is 3.72. The van der Waals surface area contributed by atoms with Crippen LogP contribution >= 0.6 is 0 Å². The summed E-state index contributed by atoms with van der Waals surface area (Å²) >= 11 is 0. The molecular weight excluding hydrogens is 214 g/mol. The molecule has 0 unspecified atom stereocenters. The van der Waals surface area contributed by atoms with Gasteiger partial charge in [-0.1, -0.05) is 0 Å². The monoisotopic (exact) mass is 225 g/mol. The van der Waals surface area contributed by atoms with E-state index in [4.69, 9.17) is 0 Å². The summed E-state index contributed by atoms with van der Waals surface area (Å²) in [6.45, 7) is 0.762. The Hall–Kier alpha value is -1.89. The predicted octanol–water partition coefficient (Wildman–Crippen LogP) is 0.130. The molecule has 86 valence electrons. The van der Waals surface area contributed by atoms with Crippen LogP contribution < -0.4 is 0 Å². The zero-order valence-electron chi connectivity index (χ0n) is 8.42. The van der Waals surface area contributed by atoms with E-state index in [1.165, 1.54) is 17.2 Å². The average molecular weight is 225 g/mol. The second-order valence-corrected chi connectivity index (χ2v) is 3.72. The molecule has 1 fully saturated rings. The molecule has 0 bridgehead atoms. The first-order valence-electron chi connectivity index (χ1n) is 4.88. The third-order valence-electron chi connectivity index (χ3n) is 2.56. The molecule has 0 aliphatic carbocycles. The van der Waals surface area contributed by atoms with Gasteiger partial charge in [0.1, 0.15) is 5.69 Å². The maximum atomic E-state index is 11.8. The molecule has 2 heterocycles. The van der Waals surface area contributed by atoms with Gasteiger partial charge in [-0.3, -0.25) is 14.9 Å². The van der Waals surface area contributed by atoms with E-state index in [0.717, 1.165) is 0 Å². The number of carbonyl (C=O) groups is 1. The van der Waals surface area contributed by atoms with E-state index in [-0.39, 0.29) is 23.8 Å². The summed E-state index contributed by atoms with van der Waals surface area (Å²) < 4.78 is 0. The van der Waals surface area contributed by atoms with E-state index in [0.29, 0.717) is 13.0 Å². The average Bonchev–Trinajstić information content (AvgIpc) is 2.84. The van der Waals surface area contributed by atoms with Gasteiger partial charge in [0.05, 0.1) is 17.2 Å². The summed E-state index contributed by atoms with van der Waals surface area (Å²) in [4.78, 5) is 25.7. The topological polar surface area (TPSA) is 99.5 Å². The minimum atomic E-state index is -0.563. The Morgan fingerprint density at radius 1 is 1.69 bits per heavy atom. The van der Waals surface area contributed by atoms with Gasteiger partial charge in [-0.05, 0) is 6.42 Å². The normalized spacial score (nSPS) is 20.1. The lowest BCUT2D eigenvalue weighted by Crippen LogP contribution is -2.29. The third kappa shape index (κ3) is 1.89. The number of nitro groups is 1. The highest BCUT2D eigenvalue weighted by Gasteiger charge is 2.27. The van der Waals surface area contributed by atoms with Crippen molar-refractivity contribution < 1.29 is 14.8 Å². The number of nitrogens with one attached hydrogen (secondary N) is 1. The number of carbonyl (C=O) groups excluding carboxylic acids is 1. The van der Waals surface area contributed by atoms with Gasteiger partial charge < -0.3 is 15.0 Å². The summed E-state index contributed by atoms with van der Waals surface area (Å²) in [6.07, 6.45) is 1.24. The largest absolute Gasteiger partial charge is 0.391 e. The molecule has 7 nitrogen and oxygen atoms in total. The summed E-state index contributed by atoms with van der Waals surface area (Å²) in [5.74, 6) is -0.315. The maximum Gasteiger partial charge on any atom is 0.287 e. The molecule has 7 heteroatoms. The van der Waals surface area contributed by atoms with Crippen LogP contribution in [0.4, 0.5) is 5.69 Å². The summed E-state index contributed by atoms with van der Waals surface area (Å²) in [5.41, 5.74) is 0.0453. The molecule has 1 aliphatic heterocycles. The van der Waals surface area contributed by atoms with Crippen molar-refractivity contribution in [1.29, 1.82) is 0 Å². The Bertz CT molecular complexity index is 428. The number of H-pyrrole nitrogens is 1. The van der Waals surface area contributed by atoms with Crippen LogP contribution in [-0.4, -0.2) is 45.0 Å². The zero-order chi connectivity index (χ0) is 11.7. The number of aliphatic hydroxyl groups is 1. The summed E-state index contributed by atoms with van der Waals surface area (Å²) in [6, 6.07) is 1.20. The van der Waals surface area contributed by atoms with Gasteiger partial charge in [-0.25, -0.2) is 0 Å². The van der Waals surface area contributed by atoms with E-state index in [9.17, 15) is 20.0 Å². The number of likely N-dealkylation sites (tertiary alicyclic amines) is 1. The van der Waals surface area contributed by atoms with Crippen molar-refractivity contribution >= 4 is 11.6 Å². The second kappa shape index (κ2) is 3.93.